The monoisotopic (exact) mass is 348 g/mol. The van der Waals surface area contributed by atoms with E-state index in [4.69, 9.17) is 28.3 Å². The van der Waals surface area contributed by atoms with Crippen LogP contribution < -0.4 is 15.2 Å². The van der Waals surface area contributed by atoms with Gasteiger partial charge < -0.3 is 10.3 Å². The van der Waals surface area contributed by atoms with Crippen LogP contribution in [0, 0.1) is 0 Å². The minimum Gasteiger partial charge on any atom is -0.340 e. The van der Waals surface area contributed by atoms with Crippen molar-refractivity contribution >= 4 is 50.7 Å². The predicted molar refractivity (Wildman–Crippen MR) is 81.9 cm³/mol. The summed E-state index contributed by atoms with van der Waals surface area (Å²) < 4.78 is 24.0. The van der Waals surface area contributed by atoms with Crippen LogP contribution in [0.4, 0.5) is 11.4 Å². The summed E-state index contributed by atoms with van der Waals surface area (Å²) >= 11 is 11.5. The first kappa shape index (κ1) is 15.6. The molecule has 2 rings (SSSR count). The summed E-state index contributed by atoms with van der Waals surface area (Å²) in [6.07, 6.45) is 0. The zero-order valence-electron chi connectivity index (χ0n) is 10.4. The lowest BCUT2D eigenvalue weighted by Crippen LogP contribution is -2.21. The van der Waals surface area contributed by atoms with Crippen molar-refractivity contribution in [2.24, 2.45) is 5.14 Å². The van der Waals surface area contributed by atoms with Gasteiger partial charge in [0.15, 0.2) is 0 Å². The van der Waals surface area contributed by atoms with Crippen LogP contribution in [0.5, 0.6) is 0 Å². The van der Waals surface area contributed by atoms with Crippen LogP contribution in [0.1, 0.15) is 10.5 Å². The lowest BCUT2D eigenvalue weighted by Gasteiger charge is -2.07. The van der Waals surface area contributed by atoms with Crippen LogP contribution in [-0.2, 0) is 10.2 Å². The average molecular weight is 349 g/mol. The fraction of sp³-hybridized carbons (Fsp3) is 0. The van der Waals surface area contributed by atoms with E-state index in [1.807, 2.05) is 0 Å². The van der Waals surface area contributed by atoms with Gasteiger partial charge in [0, 0.05) is 5.69 Å². The second-order valence-corrected chi connectivity index (χ2v) is 6.11. The topological polar surface area (TPSA) is 117 Å². The Labute approximate surface area is 130 Å². The summed E-state index contributed by atoms with van der Waals surface area (Å²) in [6.45, 7) is 0. The number of H-pyrrole nitrogens is 1. The maximum Gasteiger partial charge on any atom is 0.296 e. The zero-order valence-corrected chi connectivity index (χ0v) is 12.7. The molecular formula is C11H10Cl2N4O3S. The minimum absolute atomic E-state index is 0.159. The van der Waals surface area contributed by atoms with Crippen molar-refractivity contribution in [2.75, 3.05) is 10.0 Å². The Morgan fingerprint density at radius 3 is 2.43 bits per heavy atom. The molecule has 1 amide bonds. The van der Waals surface area contributed by atoms with Gasteiger partial charge in [-0.2, -0.15) is 8.42 Å². The van der Waals surface area contributed by atoms with Crippen LogP contribution in [0.15, 0.2) is 30.3 Å². The van der Waals surface area contributed by atoms with E-state index in [0.717, 1.165) is 0 Å². The molecule has 1 aromatic heterocycles. The zero-order chi connectivity index (χ0) is 15.6. The Morgan fingerprint density at radius 1 is 1.19 bits per heavy atom. The van der Waals surface area contributed by atoms with E-state index in [-0.39, 0.29) is 21.6 Å². The molecule has 5 N–H and O–H groups in total. The summed E-state index contributed by atoms with van der Waals surface area (Å²) in [4.78, 5) is 14.6. The first-order valence-corrected chi connectivity index (χ1v) is 7.81. The van der Waals surface area contributed by atoms with Crippen molar-refractivity contribution in [3.05, 3.63) is 46.2 Å². The Morgan fingerprint density at radius 2 is 1.86 bits per heavy atom. The summed E-state index contributed by atoms with van der Waals surface area (Å²) in [7, 11) is -3.88. The second kappa shape index (κ2) is 5.94. The highest BCUT2D eigenvalue weighted by atomic mass is 35.5. The number of benzene rings is 1. The molecule has 0 saturated carbocycles. The molecule has 1 aromatic carbocycles. The number of amides is 1. The number of nitrogens with one attached hydrogen (secondary N) is 3. The number of rotatable bonds is 4. The number of carbonyl (C=O) groups excluding carboxylic acids is 1. The molecule has 0 aliphatic heterocycles. The normalized spacial score (nSPS) is 11.2. The maximum absolute atomic E-state index is 12.0. The molecule has 0 saturated heterocycles. The standard InChI is InChI=1S/C11H10Cl2N4O3S/c12-8-5-9(16-10(8)13)11(18)15-6-2-1-3-7(4-6)17-21(14,19)20/h1-5,16-17H,(H,15,18)(H2,14,19,20). The van der Waals surface area contributed by atoms with Crippen molar-refractivity contribution in [3.8, 4) is 0 Å². The fourth-order valence-electron chi connectivity index (χ4n) is 1.55. The molecule has 0 spiro atoms. The highest BCUT2D eigenvalue weighted by molar-refractivity contribution is 7.90. The molecule has 0 fully saturated rings. The number of halogens is 2. The van der Waals surface area contributed by atoms with Crippen LogP contribution in [0.3, 0.4) is 0 Å². The Balaban J connectivity index is 2.16. The van der Waals surface area contributed by atoms with Gasteiger partial charge in [-0.3, -0.25) is 9.52 Å². The summed E-state index contributed by atoms with van der Waals surface area (Å²) in [6, 6.07) is 7.42. The molecule has 0 atom stereocenters. The maximum atomic E-state index is 12.0. The van der Waals surface area contributed by atoms with Gasteiger partial charge in [0.1, 0.15) is 10.8 Å². The number of carbonyl (C=O) groups is 1. The van der Waals surface area contributed by atoms with Crippen molar-refractivity contribution in [1.29, 1.82) is 0 Å². The van der Waals surface area contributed by atoms with Gasteiger partial charge in [-0.25, -0.2) is 5.14 Å². The highest BCUT2D eigenvalue weighted by Gasteiger charge is 2.12. The fourth-order valence-corrected chi connectivity index (χ4v) is 2.32. The van der Waals surface area contributed by atoms with Gasteiger partial charge in [-0.05, 0) is 24.3 Å². The second-order valence-electron chi connectivity index (χ2n) is 4.03. The van der Waals surface area contributed by atoms with E-state index in [9.17, 15) is 13.2 Å². The van der Waals surface area contributed by atoms with Crippen LogP contribution in [-0.4, -0.2) is 19.3 Å². The Kier molecular flexibility index (Phi) is 4.43. The third-order valence-electron chi connectivity index (χ3n) is 2.35. The molecule has 7 nitrogen and oxygen atoms in total. The molecule has 10 heteroatoms. The molecule has 0 aliphatic rings. The van der Waals surface area contributed by atoms with Crippen molar-refractivity contribution in [2.45, 2.75) is 0 Å². The molecule has 1 heterocycles. The third-order valence-corrected chi connectivity index (χ3v) is 3.56. The number of hydrogen-bond donors (Lipinski definition) is 4. The smallest absolute Gasteiger partial charge is 0.296 e. The molecule has 2 aromatic rings. The first-order valence-electron chi connectivity index (χ1n) is 5.50. The number of anilines is 2. The molecule has 0 radical (unpaired) electrons. The van der Waals surface area contributed by atoms with Gasteiger partial charge in [0.2, 0.25) is 0 Å². The summed E-state index contributed by atoms with van der Waals surface area (Å²) in [5, 5.41) is 7.82. The van der Waals surface area contributed by atoms with Crippen molar-refractivity contribution < 1.29 is 13.2 Å². The van der Waals surface area contributed by atoms with Gasteiger partial charge >= 0.3 is 0 Å². The van der Waals surface area contributed by atoms with E-state index >= 15 is 0 Å². The van der Waals surface area contributed by atoms with E-state index < -0.39 is 16.1 Å². The van der Waals surface area contributed by atoms with E-state index in [1.165, 1.54) is 18.2 Å². The van der Waals surface area contributed by atoms with Crippen LogP contribution in [0.2, 0.25) is 10.2 Å². The molecule has 0 aliphatic carbocycles. The van der Waals surface area contributed by atoms with Gasteiger partial charge in [0.05, 0.1) is 10.7 Å². The van der Waals surface area contributed by atoms with Gasteiger partial charge in [0.25, 0.3) is 16.1 Å². The molecular weight excluding hydrogens is 339 g/mol. The largest absolute Gasteiger partial charge is 0.340 e. The van der Waals surface area contributed by atoms with E-state index in [1.54, 1.807) is 12.1 Å². The van der Waals surface area contributed by atoms with Gasteiger partial charge in [-0.1, -0.05) is 29.3 Å². The van der Waals surface area contributed by atoms with Crippen LogP contribution >= 0.6 is 23.2 Å². The Bertz CT molecular complexity index is 769. The molecule has 0 bridgehead atoms. The molecule has 112 valence electrons. The molecule has 21 heavy (non-hydrogen) atoms. The number of aromatic nitrogens is 1. The average Bonchev–Trinajstić information content (AvgIpc) is 2.68. The Hall–Kier alpha value is -1.74. The first-order chi connectivity index (χ1) is 9.74. The van der Waals surface area contributed by atoms with Crippen molar-refractivity contribution in [3.63, 3.8) is 0 Å². The van der Waals surface area contributed by atoms with Gasteiger partial charge in [-0.15, -0.1) is 0 Å². The lowest BCUT2D eigenvalue weighted by atomic mass is 10.2. The van der Waals surface area contributed by atoms with Crippen LogP contribution in [0.25, 0.3) is 0 Å². The SMILES string of the molecule is NS(=O)(=O)Nc1cccc(NC(=O)c2cc(Cl)c(Cl)[nH]2)c1. The molecule has 0 unspecified atom stereocenters. The summed E-state index contributed by atoms with van der Waals surface area (Å²) in [5.41, 5.74) is 0.767. The van der Waals surface area contributed by atoms with Crippen molar-refractivity contribution in [1.82, 2.24) is 4.98 Å². The van der Waals surface area contributed by atoms with E-state index in [2.05, 4.69) is 15.0 Å². The quantitative estimate of drug-likeness (QED) is 0.678. The third kappa shape index (κ3) is 4.36. The lowest BCUT2D eigenvalue weighted by molar-refractivity contribution is 0.102. The van der Waals surface area contributed by atoms with E-state index in [0.29, 0.717) is 5.69 Å². The number of nitrogens with two attached hydrogens (primary N) is 1. The highest BCUT2D eigenvalue weighted by Crippen LogP contribution is 2.23. The minimum atomic E-state index is -3.88. The summed E-state index contributed by atoms with van der Waals surface area (Å²) in [5.74, 6) is -0.475. The predicted octanol–water partition coefficient (Wildman–Crippen LogP) is 2.19. The number of aromatic amines is 1. The number of hydrogen-bond acceptors (Lipinski definition) is 3.